The van der Waals surface area contributed by atoms with Crippen LogP contribution in [0.3, 0.4) is 0 Å². The molecule has 52 valence electrons. The lowest BCUT2D eigenvalue weighted by Gasteiger charge is -2.20. The van der Waals surface area contributed by atoms with E-state index in [0.717, 1.165) is 13.1 Å². The van der Waals surface area contributed by atoms with Crippen molar-refractivity contribution in [1.82, 2.24) is 4.90 Å². The van der Waals surface area contributed by atoms with E-state index < -0.39 is 0 Å². The standard InChI is InChI=1S/C7H13NO/c1-7(6-9)8-4-2-3-5-8/h2-3,7,9H,4-6H2,1H3. The smallest absolute Gasteiger partial charge is 0.0584 e. The number of nitrogens with zero attached hydrogens (tertiary/aromatic N) is 1. The molecule has 1 N–H and O–H groups in total. The minimum atomic E-state index is 0.266. The van der Waals surface area contributed by atoms with Crippen molar-refractivity contribution in [3.05, 3.63) is 12.2 Å². The van der Waals surface area contributed by atoms with Crippen LogP contribution >= 0.6 is 0 Å². The first-order chi connectivity index (χ1) is 4.34. The fraction of sp³-hybridized carbons (Fsp3) is 0.714. The molecule has 0 saturated heterocycles. The third-order valence-electron chi connectivity index (χ3n) is 1.73. The second-order valence-corrected chi connectivity index (χ2v) is 2.46. The third-order valence-corrected chi connectivity index (χ3v) is 1.73. The maximum absolute atomic E-state index is 8.73. The van der Waals surface area contributed by atoms with Gasteiger partial charge in [0, 0.05) is 19.1 Å². The first-order valence-corrected chi connectivity index (χ1v) is 3.34. The Kier molecular flexibility index (Phi) is 2.25. The number of hydrogen-bond donors (Lipinski definition) is 1. The van der Waals surface area contributed by atoms with Crippen molar-refractivity contribution in [2.75, 3.05) is 19.7 Å². The van der Waals surface area contributed by atoms with Crippen molar-refractivity contribution in [1.29, 1.82) is 0 Å². The van der Waals surface area contributed by atoms with Crippen molar-refractivity contribution >= 4 is 0 Å². The summed E-state index contributed by atoms with van der Waals surface area (Å²) in [5, 5.41) is 8.73. The van der Waals surface area contributed by atoms with E-state index in [1.54, 1.807) is 0 Å². The van der Waals surface area contributed by atoms with Crippen LogP contribution in [-0.2, 0) is 0 Å². The van der Waals surface area contributed by atoms with Crippen molar-refractivity contribution in [3.8, 4) is 0 Å². The Morgan fingerprint density at radius 1 is 1.56 bits per heavy atom. The summed E-state index contributed by atoms with van der Waals surface area (Å²) in [5.74, 6) is 0. The summed E-state index contributed by atoms with van der Waals surface area (Å²) in [5.41, 5.74) is 0. The second-order valence-electron chi connectivity index (χ2n) is 2.46. The van der Waals surface area contributed by atoms with Gasteiger partial charge >= 0.3 is 0 Å². The number of hydrogen-bond acceptors (Lipinski definition) is 2. The molecule has 0 aliphatic carbocycles. The van der Waals surface area contributed by atoms with Crippen molar-refractivity contribution in [2.24, 2.45) is 0 Å². The van der Waals surface area contributed by atoms with Gasteiger partial charge in [-0.2, -0.15) is 0 Å². The molecule has 0 aromatic rings. The van der Waals surface area contributed by atoms with Gasteiger partial charge in [-0.05, 0) is 6.92 Å². The molecule has 0 bridgehead atoms. The predicted molar refractivity (Wildman–Crippen MR) is 37.3 cm³/mol. The summed E-state index contributed by atoms with van der Waals surface area (Å²) in [6.45, 7) is 4.30. The molecular formula is C7H13NO. The molecule has 0 spiro atoms. The number of rotatable bonds is 2. The van der Waals surface area contributed by atoms with Gasteiger partial charge in [-0.3, -0.25) is 4.90 Å². The Hall–Kier alpha value is -0.340. The van der Waals surface area contributed by atoms with E-state index in [0.29, 0.717) is 6.04 Å². The third kappa shape index (κ3) is 1.53. The maximum Gasteiger partial charge on any atom is 0.0584 e. The van der Waals surface area contributed by atoms with E-state index in [1.807, 2.05) is 6.92 Å². The lowest BCUT2D eigenvalue weighted by atomic mass is 10.3. The molecule has 0 radical (unpaired) electrons. The van der Waals surface area contributed by atoms with Gasteiger partial charge in [-0.15, -0.1) is 0 Å². The van der Waals surface area contributed by atoms with E-state index in [-0.39, 0.29) is 6.61 Å². The molecule has 0 amide bonds. The zero-order chi connectivity index (χ0) is 6.69. The maximum atomic E-state index is 8.73. The Balaban J connectivity index is 2.27. The van der Waals surface area contributed by atoms with Gasteiger partial charge in [-0.25, -0.2) is 0 Å². The van der Waals surface area contributed by atoms with Crippen molar-refractivity contribution < 1.29 is 5.11 Å². The molecule has 1 heterocycles. The number of aliphatic hydroxyl groups is 1. The molecule has 1 atom stereocenters. The molecule has 0 fully saturated rings. The molecule has 1 aliphatic heterocycles. The Labute approximate surface area is 55.8 Å². The SMILES string of the molecule is CC(CO)N1CC=CC1. The summed E-state index contributed by atoms with van der Waals surface area (Å²) in [4.78, 5) is 2.22. The monoisotopic (exact) mass is 127 g/mol. The number of aliphatic hydroxyl groups excluding tert-OH is 1. The van der Waals surface area contributed by atoms with Gasteiger partial charge in [0.25, 0.3) is 0 Å². The van der Waals surface area contributed by atoms with Crippen LogP contribution in [-0.4, -0.2) is 35.7 Å². The lowest BCUT2D eigenvalue weighted by Crippen LogP contribution is -2.33. The molecule has 0 saturated carbocycles. The van der Waals surface area contributed by atoms with E-state index in [4.69, 9.17) is 5.11 Å². The molecular weight excluding hydrogens is 114 g/mol. The van der Waals surface area contributed by atoms with E-state index in [9.17, 15) is 0 Å². The van der Waals surface area contributed by atoms with Gasteiger partial charge < -0.3 is 5.11 Å². The average molecular weight is 127 g/mol. The Bertz CT molecular complexity index is 103. The highest BCUT2D eigenvalue weighted by Gasteiger charge is 2.11. The molecule has 1 unspecified atom stereocenters. The van der Waals surface area contributed by atoms with Crippen molar-refractivity contribution in [3.63, 3.8) is 0 Å². The van der Waals surface area contributed by atoms with Gasteiger partial charge in [0.05, 0.1) is 6.61 Å². The average Bonchev–Trinajstić information content (AvgIpc) is 2.37. The van der Waals surface area contributed by atoms with Crippen LogP contribution in [0, 0.1) is 0 Å². The molecule has 1 rings (SSSR count). The minimum Gasteiger partial charge on any atom is -0.395 e. The topological polar surface area (TPSA) is 23.5 Å². The second kappa shape index (κ2) is 2.99. The van der Waals surface area contributed by atoms with Crippen LogP contribution in [0.2, 0.25) is 0 Å². The molecule has 1 aliphatic rings. The molecule has 0 aromatic heterocycles. The molecule has 0 aromatic carbocycles. The highest BCUT2D eigenvalue weighted by molar-refractivity contribution is 4.96. The molecule has 2 nitrogen and oxygen atoms in total. The van der Waals surface area contributed by atoms with Gasteiger partial charge in [0.15, 0.2) is 0 Å². The van der Waals surface area contributed by atoms with E-state index in [2.05, 4.69) is 17.1 Å². The highest BCUT2D eigenvalue weighted by Crippen LogP contribution is 2.03. The van der Waals surface area contributed by atoms with E-state index in [1.165, 1.54) is 0 Å². The zero-order valence-electron chi connectivity index (χ0n) is 5.75. The van der Waals surface area contributed by atoms with Crippen LogP contribution in [0.4, 0.5) is 0 Å². The van der Waals surface area contributed by atoms with Gasteiger partial charge in [0.2, 0.25) is 0 Å². The van der Waals surface area contributed by atoms with Gasteiger partial charge in [0.1, 0.15) is 0 Å². The minimum absolute atomic E-state index is 0.266. The predicted octanol–water partition coefficient (Wildman–Crippen LogP) is 0.239. The van der Waals surface area contributed by atoms with Crippen molar-refractivity contribution in [2.45, 2.75) is 13.0 Å². The Morgan fingerprint density at radius 3 is 2.56 bits per heavy atom. The summed E-state index contributed by atoms with van der Waals surface area (Å²) in [6, 6.07) is 0.319. The summed E-state index contributed by atoms with van der Waals surface area (Å²) in [7, 11) is 0. The normalized spacial score (nSPS) is 22.9. The zero-order valence-corrected chi connectivity index (χ0v) is 5.75. The fourth-order valence-corrected chi connectivity index (χ4v) is 0.970. The quantitative estimate of drug-likeness (QED) is 0.537. The highest BCUT2D eigenvalue weighted by atomic mass is 16.3. The van der Waals surface area contributed by atoms with Crippen LogP contribution in [0.1, 0.15) is 6.92 Å². The first-order valence-electron chi connectivity index (χ1n) is 3.34. The fourth-order valence-electron chi connectivity index (χ4n) is 0.970. The lowest BCUT2D eigenvalue weighted by molar-refractivity contribution is 0.163. The summed E-state index contributed by atoms with van der Waals surface area (Å²) < 4.78 is 0. The van der Waals surface area contributed by atoms with Crippen LogP contribution < -0.4 is 0 Å². The van der Waals surface area contributed by atoms with Gasteiger partial charge in [-0.1, -0.05) is 12.2 Å². The Morgan fingerprint density at radius 2 is 2.11 bits per heavy atom. The summed E-state index contributed by atoms with van der Waals surface area (Å²) >= 11 is 0. The van der Waals surface area contributed by atoms with Crippen LogP contribution in [0.25, 0.3) is 0 Å². The first kappa shape index (κ1) is 6.78. The summed E-state index contributed by atoms with van der Waals surface area (Å²) in [6.07, 6.45) is 4.26. The van der Waals surface area contributed by atoms with E-state index >= 15 is 0 Å². The van der Waals surface area contributed by atoms with Crippen LogP contribution in [0.5, 0.6) is 0 Å². The van der Waals surface area contributed by atoms with Crippen LogP contribution in [0.15, 0.2) is 12.2 Å². The largest absolute Gasteiger partial charge is 0.395 e. The molecule has 2 heteroatoms. The molecule has 9 heavy (non-hydrogen) atoms.